The van der Waals surface area contributed by atoms with E-state index in [2.05, 4.69) is 62.4 Å². The van der Waals surface area contributed by atoms with Crippen LogP contribution < -0.4 is 9.22 Å². The minimum atomic E-state index is -0.250. The van der Waals surface area contributed by atoms with Gasteiger partial charge in [0, 0.05) is 30.2 Å². The summed E-state index contributed by atoms with van der Waals surface area (Å²) in [6, 6.07) is 19.0. The van der Waals surface area contributed by atoms with Crippen molar-refractivity contribution in [1.82, 2.24) is 4.48 Å². The Morgan fingerprint density at radius 3 is 2.35 bits per heavy atom. The molecule has 1 aliphatic rings. The van der Waals surface area contributed by atoms with Crippen LogP contribution in [-0.2, 0) is 14.3 Å². The molecule has 5 heteroatoms. The number of benzene rings is 2. The second kappa shape index (κ2) is 13.1. The maximum absolute atomic E-state index is 12.3. The maximum Gasteiger partial charge on any atom is 0.333 e. The molecule has 0 saturated heterocycles. The summed E-state index contributed by atoms with van der Waals surface area (Å²) in [5, 5.41) is 0. The van der Waals surface area contributed by atoms with E-state index in [-0.39, 0.29) is 5.97 Å². The zero-order valence-corrected chi connectivity index (χ0v) is 20.8. The number of carbonyl (C=O) groups excluding carboxylic acids is 1. The Kier molecular flexibility index (Phi) is 9.92. The number of nitrogens with zero attached hydrogens (tertiary/aromatic N) is 1. The number of esters is 1. The zero-order chi connectivity index (χ0) is 24.2. The molecule has 0 fully saturated rings. The molecule has 1 aliphatic heterocycles. The van der Waals surface area contributed by atoms with Crippen LogP contribution in [0.2, 0.25) is 0 Å². The molecule has 2 aromatic carbocycles. The highest BCUT2D eigenvalue weighted by molar-refractivity contribution is 5.89. The summed E-state index contributed by atoms with van der Waals surface area (Å²) in [4.78, 5) is 12.3. The number of allylic oxidation sites excluding steroid dienone is 2. The number of para-hydroxylation sites is 1. The topological polar surface area (TPSA) is 44.8 Å². The molecule has 1 atom stereocenters. The van der Waals surface area contributed by atoms with E-state index in [1.165, 1.54) is 18.5 Å². The normalized spacial score (nSPS) is 18.3. The van der Waals surface area contributed by atoms with Crippen LogP contribution in [0.3, 0.4) is 0 Å². The number of methoxy groups -OCH3 is 1. The molecule has 1 heterocycles. The number of ether oxygens (including phenoxy) is 3. The van der Waals surface area contributed by atoms with Gasteiger partial charge in [-0.3, -0.25) is 4.48 Å². The first-order chi connectivity index (χ1) is 16.6. The molecule has 0 aromatic heterocycles. The maximum atomic E-state index is 12.3. The third-order valence-corrected chi connectivity index (χ3v) is 6.19. The predicted molar refractivity (Wildman–Crippen MR) is 139 cm³/mol. The summed E-state index contributed by atoms with van der Waals surface area (Å²) in [6.07, 6.45) is 7.71. The van der Waals surface area contributed by atoms with Crippen LogP contribution in [0, 0.1) is 0 Å². The van der Waals surface area contributed by atoms with E-state index in [1.807, 2.05) is 18.2 Å². The quantitative estimate of drug-likeness (QED) is 0.227. The number of rotatable bonds is 11. The van der Waals surface area contributed by atoms with Crippen molar-refractivity contribution in [1.29, 1.82) is 0 Å². The van der Waals surface area contributed by atoms with Crippen LogP contribution >= 0.6 is 0 Å². The molecule has 0 spiro atoms. The van der Waals surface area contributed by atoms with Gasteiger partial charge in [0.1, 0.15) is 23.7 Å². The van der Waals surface area contributed by atoms with Crippen LogP contribution in [-0.4, -0.2) is 46.0 Å². The van der Waals surface area contributed by atoms with Crippen molar-refractivity contribution >= 4 is 17.4 Å². The Morgan fingerprint density at radius 1 is 0.912 bits per heavy atom. The monoisotopic (exact) mass is 464 g/mol. The fourth-order valence-corrected chi connectivity index (χ4v) is 4.62. The number of hydrogen-bond donors (Lipinski definition) is 0. The second-order valence-corrected chi connectivity index (χ2v) is 8.57. The Balaban J connectivity index is 1.99. The third-order valence-electron chi connectivity index (χ3n) is 6.19. The lowest BCUT2D eigenvalue weighted by molar-refractivity contribution is -0.136. The van der Waals surface area contributed by atoms with E-state index in [1.54, 1.807) is 0 Å². The molecule has 1 unspecified atom stereocenters. The second-order valence-electron chi connectivity index (χ2n) is 8.57. The smallest absolute Gasteiger partial charge is 0.333 e. The lowest BCUT2D eigenvalue weighted by Crippen LogP contribution is -2.49. The Labute approximate surface area is 204 Å². The van der Waals surface area contributed by atoms with Crippen LogP contribution in [0.5, 0.6) is 5.75 Å². The van der Waals surface area contributed by atoms with Crippen molar-refractivity contribution in [3.8, 4) is 5.75 Å². The van der Waals surface area contributed by atoms with Gasteiger partial charge in [-0.2, -0.15) is 0 Å². The van der Waals surface area contributed by atoms with Crippen molar-refractivity contribution in [2.75, 3.05) is 40.0 Å². The standard InChI is InChI=1S/C29H38NO4/c1-4-19-30(26-11-7-6-8-12-26)20-9-10-25(29(31)32-3)15-18-28(30)24-13-16-27(17-14-24)34-23-22-33-21-5-2/h6-8,11-18H,4-5,9-10,19-23H2,1-3H3/q+1. The molecule has 5 nitrogen and oxygen atoms in total. The van der Waals surface area contributed by atoms with Gasteiger partial charge in [0.2, 0.25) is 0 Å². The SMILES string of the molecule is CCCOCCOc1ccc(C2=CC=C(C(=O)OC)CCC[N+]2(CCC)c2ccccc2)cc1. The lowest BCUT2D eigenvalue weighted by Gasteiger charge is -2.40. The van der Waals surface area contributed by atoms with E-state index >= 15 is 0 Å². The van der Waals surface area contributed by atoms with Gasteiger partial charge >= 0.3 is 5.97 Å². The summed E-state index contributed by atoms with van der Waals surface area (Å²) in [6.45, 7) is 8.09. The largest absolute Gasteiger partial charge is 0.491 e. The highest BCUT2D eigenvalue weighted by Gasteiger charge is 2.36. The fourth-order valence-electron chi connectivity index (χ4n) is 4.62. The van der Waals surface area contributed by atoms with Gasteiger partial charge < -0.3 is 14.2 Å². The molecule has 182 valence electrons. The molecular weight excluding hydrogens is 426 g/mol. The summed E-state index contributed by atoms with van der Waals surface area (Å²) < 4.78 is 17.1. The molecule has 0 saturated carbocycles. The van der Waals surface area contributed by atoms with Gasteiger partial charge in [0.15, 0.2) is 0 Å². The molecule has 2 aromatic rings. The molecule has 3 rings (SSSR count). The van der Waals surface area contributed by atoms with Crippen molar-refractivity contribution in [3.63, 3.8) is 0 Å². The van der Waals surface area contributed by atoms with Gasteiger partial charge in [-0.25, -0.2) is 4.79 Å². The van der Waals surface area contributed by atoms with Crippen LogP contribution in [0.15, 0.2) is 72.3 Å². The highest BCUT2D eigenvalue weighted by Crippen LogP contribution is 2.38. The summed E-state index contributed by atoms with van der Waals surface area (Å²) in [5.41, 5.74) is 4.27. The third kappa shape index (κ3) is 6.37. The molecule has 0 aliphatic carbocycles. The van der Waals surface area contributed by atoms with Crippen molar-refractivity contribution < 1.29 is 19.0 Å². The van der Waals surface area contributed by atoms with E-state index in [0.717, 1.165) is 60.3 Å². The first kappa shape index (κ1) is 25.7. The number of carbonyl (C=O) groups is 1. The number of hydrogen-bond acceptors (Lipinski definition) is 4. The lowest BCUT2D eigenvalue weighted by atomic mass is 9.99. The Bertz CT molecular complexity index is 965. The molecular formula is C29H38NO4+. The molecule has 0 N–H and O–H groups in total. The number of quaternary nitrogens is 1. The average Bonchev–Trinajstić information content (AvgIpc) is 2.86. The average molecular weight is 465 g/mol. The fraction of sp³-hybridized carbons (Fsp3) is 0.414. The Morgan fingerprint density at radius 2 is 1.68 bits per heavy atom. The van der Waals surface area contributed by atoms with Gasteiger partial charge in [-0.15, -0.1) is 0 Å². The van der Waals surface area contributed by atoms with Gasteiger partial charge in [-0.1, -0.05) is 32.0 Å². The summed E-state index contributed by atoms with van der Waals surface area (Å²) in [5.74, 6) is 0.578. The zero-order valence-electron chi connectivity index (χ0n) is 20.8. The van der Waals surface area contributed by atoms with Crippen molar-refractivity contribution in [2.45, 2.75) is 39.5 Å². The minimum Gasteiger partial charge on any atom is -0.491 e. The molecule has 0 bridgehead atoms. The summed E-state index contributed by atoms with van der Waals surface area (Å²) >= 11 is 0. The van der Waals surface area contributed by atoms with E-state index in [9.17, 15) is 4.79 Å². The molecule has 34 heavy (non-hydrogen) atoms. The Hall–Kier alpha value is -2.89. The first-order valence-corrected chi connectivity index (χ1v) is 12.4. The van der Waals surface area contributed by atoms with Crippen molar-refractivity contribution in [3.05, 3.63) is 77.9 Å². The van der Waals surface area contributed by atoms with Crippen LogP contribution in [0.4, 0.5) is 5.69 Å². The van der Waals surface area contributed by atoms with Crippen LogP contribution in [0.1, 0.15) is 45.1 Å². The first-order valence-electron chi connectivity index (χ1n) is 12.4. The van der Waals surface area contributed by atoms with E-state index in [4.69, 9.17) is 14.2 Å². The minimum absolute atomic E-state index is 0.250. The van der Waals surface area contributed by atoms with Gasteiger partial charge in [0.25, 0.3) is 0 Å². The molecule has 0 radical (unpaired) electrons. The van der Waals surface area contributed by atoms with Crippen LogP contribution in [0.25, 0.3) is 5.70 Å². The predicted octanol–water partition coefficient (Wildman–Crippen LogP) is 6.14. The summed E-state index contributed by atoms with van der Waals surface area (Å²) in [7, 11) is 1.44. The van der Waals surface area contributed by atoms with E-state index < -0.39 is 0 Å². The van der Waals surface area contributed by atoms with Crippen molar-refractivity contribution in [2.24, 2.45) is 0 Å². The van der Waals surface area contributed by atoms with E-state index in [0.29, 0.717) is 19.6 Å². The van der Waals surface area contributed by atoms with Gasteiger partial charge in [-0.05, 0) is 61.7 Å². The molecule has 0 amide bonds. The van der Waals surface area contributed by atoms with Gasteiger partial charge in [0.05, 0.1) is 26.8 Å². The highest BCUT2D eigenvalue weighted by atomic mass is 16.5.